The highest BCUT2D eigenvalue weighted by atomic mass is 35.5. The fourth-order valence-corrected chi connectivity index (χ4v) is 2.90. The van der Waals surface area contributed by atoms with Crippen LogP contribution in [0.25, 0.3) is 0 Å². The summed E-state index contributed by atoms with van der Waals surface area (Å²) in [5.41, 5.74) is 1.93. The molecule has 0 aliphatic rings. The van der Waals surface area contributed by atoms with Crippen LogP contribution in [0.2, 0.25) is 10.0 Å². The fraction of sp³-hybridized carbons (Fsp3) is 0.267. The standard InChI is InChI=1S/C15H16Cl2N2/c1-10(13-8-3-4-9-19-13)15(18-2)14-11(16)6-5-7-12(14)17/h3-10,15,18H,1-2H3. The summed E-state index contributed by atoms with van der Waals surface area (Å²) in [4.78, 5) is 4.41. The molecule has 0 radical (unpaired) electrons. The average molecular weight is 295 g/mol. The smallest absolute Gasteiger partial charge is 0.0468 e. The number of hydrogen-bond acceptors (Lipinski definition) is 2. The van der Waals surface area contributed by atoms with Crippen LogP contribution in [0.3, 0.4) is 0 Å². The first-order valence-electron chi connectivity index (χ1n) is 6.17. The molecular weight excluding hydrogens is 279 g/mol. The third-order valence-electron chi connectivity index (χ3n) is 3.28. The highest BCUT2D eigenvalue weighted by Crippen LogP contribution is 2.37. The molecule has 0 spiro atoms. The normalized spacial score (nSPS) is 14.1. The number of nitrogens with one attached hydrogen (secondary N) is 1. The summed E-state index contributed by atoms with van der Waals surface area (Å²) in [6.07, 6.45) is 1.80. The van der Waals surface area contributed by atoms with E-state index in [9.17, 15) is 0 Å². The SMILES string of the molecule is CNC(c1c(Cl)cccc1Cl)C(C)c1ccccn1. The van der Waals surface area contributed by atoms with Crippen LogP contribution in [0.5, 0.6) is 0 Å². The lowest BCUT2D eigenvalue weighted by molar-refractivity contribution is 0.499. The summed E-state index contributed by atoms with van der Waals surface area (Å²) in [5, 5.41) is 4.64. The van der Waals surface area contributed by atoms with E-state index < -0.39 is 0 Å². The van der Waals surface area contributed by atoms with E-state index in [1.54, 1.807) is 6.20 Å². The van der Waals surface area contributed by atoms with Crippen LogP contribution >= 0.6 is 23.2 Å². The molecule has 0 aliphatic carbocycles. The van der Waals surface area contributed by atoms with Gasteiger partial charge in [-0.25, -0.2) is 0 Å². The second kappa shape index (κ2) is 6.38. The fourth-order valence-electron chi connectivity index (χ4n) is 2.27. The predicted molar refractivity (Wildman–Crippen MR) is 80.9 cm³/mol. The third-order valence-corrected chi connectivity index (χ3v) is 3.94. The molecule has 4 heteroatoms. The number of rotatable bonds is 4. The molecule has 0 bridgehead atoms. The maximum atomic E-state index is 6.29. The average Bonchev–Trinajstić information content (AvgIpc) is 2.43. The minimum atomic E-state index is 0.0242. The van der Waals surface area contributed by atoms with Gasteiger partial charge in [0.2, 0.25) is 0 Å². The first kappa shape index (κ1) is 14.3. The molecule has 100 valence electrons. The van der Waals surface area contributed by atoms with Crippen LogP contribution in [0.1, 0.15) is 30.1 Å². The third kappa shape index (κ3) is 3.08. The van der Waals surface area contributed by atoms with Gasteiger partial charge in [0.15, 0.2) is 0 Å². The topological polar surface area (TPSA) is 24.9 Å². The van der Waals surface area contributed by atoms with Crippen molar-refractivity contribution in [3.8, 4) is 0 Å². The van der Waals surface area contributed by atoms with Crippen molar-refractivity contribution in [1.82, 2.24) is 10.3 Å². The van der Waals surface area contributed by atoms with E-state index in [0.29, 0.717) is 10.0 Å². The number of benzene rings is 1. The molecule has 19 heavy (non-hydrogen) atoms. The Bertz CT molecular complexity index is 523. The summed E-state index contributed by atoms with van der Waals surface area (Å²) in [6.45, 7) is 2.11. The Balaban J connectivity index is 2.40. The van der Waals surface area contributed by atoms with Gasteiger partial charge in [-0.15, -0.1) is 0 Å². The summed E-state index contributed by atoms with van der Waals surface area (Å²) in [6, 6.07) is 11.5. The molecule has 1 N–H and O–H groups in total. The summed E-state index contributed by atoms with van der Waals surface area (Å²) in [5.74, 6) is 0.170. The Morgan fingerprint density at radius 2 is 1.74 bits per heavy atom. The van der Waals surface area contributed by atoms with Gasteiger partial charge in [0.25, 0.3) is 0 Å². The predicted octanol–water partition coefficient (Wildman–Crippen LogP) is 4.45. The second-order valence-corrected chi connectivity index (χ2v) is 5.26. The van der Waals surface area contributed by atoms with Crippen molar-refractivity contribution in [1.29, 1.82) is 0 Å². The molecule has 2 nitrogen and oxygen atoms in total. The zero-order chi connectivity index (χ0) is 13.8. The van der Waals surface area contributed by atoms with Crippen molar-refractivity contribution < 1.29 is 0 Å². The van der Waals surface area contributed by atoms with Crippen molar-refractivity contribution >= 4 is 23.2 Å². The molecule has 1 aromatic heterocycles. The number of pyridine rings is 1. The Labute approximate surface area is 123 Å². The lowest BCUT2D eigenvalue weighted by Gasteiger charge is -2.25. The van der Waals surface area contributed by atoms with Crippen LogP contribution in [-0.4, -0.2) is 12.0 Å². The van der Waals surface area contributed by atoms with Gasteiger partial charge in [-0.3, -0.25) is 4.98 Å². The zero-order valence-corrected chi connectivity index (χ0v) is 12.4. The van der Waals surface area contributed by atoms with Gasteiger partial charge in [0.05, 0.1) is 0 Å². The number of halogens is 2. The molecular formula is C15H16Cl2N2. The Hall–Kier alpha value is -1.09. The number of likely N-dealkylation sites (N-methyl/N-ethyl adjacent to an activating group) is 1. The van der Waals surface area contributed by atoms with Gasteiger partial charge < -0.3 is 5.32 Å². The van der Waals surface area contributed by atoms with E-state index in [1.807, 2.05) is 43.4 Å². The Morgan fingerprint density at radius 1 is 1.05 bits per heavy atom. The first-order chi connectivity index (χ1) is 9.15. The summed E-state index contributed by atoms with van der Waals surface area (Å²) >= 11 is 12.6. The summed E-state index contributed by atoms with van der Waals surface area (Å²) < 4.78 is 0. The van der Waals surface area contributed by atoms with Crippen LogP contribution < -0.4 is 5.32 Å². The van der Waals surface area contributed by atoms with Crippen molar-refractivity contribution in [3.63, 3.8) is 0 Å². The molecule has 0 aliphatic heterocycles. The largest absolute Gasteiger partial charge is 0.312 e. The van der Waals surface area contributed by atoms with Crippen LogP contribution in [0.4, 0.5) is 0 Å². The Kier molecular flexibility index (Phi) is 4.81. The Morgan fingerprint density at radius 3 is 2.26 bits per heavy atom. The van der Waals surface area contributed by atoms with Gasteiger partial charge >= 0.3 is 0 Å². The second-order valence-electron chi connectivity index (χ2n) is 4.44. The van der Waals surface area contributed by atoms with Crippen LogP contribution in [0.15, 0.2) is 42.6 Å². The molecule has 2 aromatic rings. The molecule has 0 amide bonds. The van der Waals surface area contributed by atoms with Crippen molar-refractivity contribution in [2.24, 2.45) is 0 Å². The van der Waals surface area contributed by atoms with Gasteiger partial charge in [0.1, 0.15) is 0 Å². The van der Waals surface area contributed by atoms with E-state index in [1.165, 1.54) is 0 Å². The monoisotopic (exact) mass is 294 g/mol. The van der Waals surface area contributed by atoms with Gasteiger partial charge in [-0.05, 0) is 31.3 Å². The van der Waals surface area contributed by atoms with E-state index in [4.69, 9.17) is 23.2 Å². The minimum absolute atomic E-state index is 0.0242. The van der Waals surface area contributed by atoms with Gasteiger partial charge in [-0.1, -0.05) is 42.3 Å². The highest BCUT2D eigenvalue weighted by molar-refractivity contribution is 6.36. The molecule has 1 aromatic carbocycles. The molecule has 2 rings (SSSR count). The molecule has 0 saturated carbocycles. The van der Waals surface area contributed by atoms with E-state index in [2.05, 4.69) is 17.2 Å². The molecule has 0 fully saturated rings. The summed E-state index contributed by atoms with van der Waals surface area (Å²) in [7, 11) is 1.91. The van der Waals surface area contributed by atoms with Crippen molar-refractivity contribution in [3.05, 3.63) is 63.9 Å². The number of aromatic nitrogens is 1. The molecule has 1 heterocycles. The van der Waals surface area contributed by atoms with E-state index >= 15 is 0 Å². The number of nitrogens with zero attached hydrogens (tertiary/aromatic N) is 1. The molecule has 2 unspecified atom stereocenters. The van der Waals surface area contributed by atoms with Crippen LogP contribution in [0, 0.1) is 0 Å². The number of hydrogen-bond donors (Lipinski definition) is 1. The van der Waals surface area contributed by atoms with Crippen molar-refractivity contribution in [2.45, 2.75) is 18.9 Å². The maximum absolute atomic E-state index is 6.29. The zero-order valence-electron chi connectivity index (χ0n) is 10.9. The molecule has 2 atom stereocenters. The minimum Gasteiger partial charge on any atom is -0.312 e. The van der Waals surface area contributed by atoms with Crippen molar-refractivity contribution in [2.75, 3.05) is 7.05 Å². The van der Waals surface area contributed by atoms with E-state index in [-0.39, 0.29) is 12.0 Å². The highest BCUT2D eigenvalue weighted by Gasteiger charge is 2.24. The quantitative estimate of drug-likeness (QED) is 0.901. The lowest BCUT2D eigenvalue weighted by Crippen LogP contribution is -2.23. The molecule has 0 saturated heterocycles. The lowest BCUT2D eigenvalue weighted by atomic mass is 9.91. The van der Waals surface area contributed by atoms with Gasteiger partial charge in [-0.2, -0.15) is 0 Å². The maximum Gasteiger partial charge on any atom is 0.0468 e. The van der Waals surface area contributed by atoms with E-state index in [0.717, 1.165) is 11.3 Å². The first-order valence-corrected chi connectivity index (χ1v) is 6.93. The van der Waals surface area contributed by atoms with Crippen LogP contribution in [-0.2, 0) is 0 Å². The van der Waals surface area contributed by atoms with Gasteiger partial charge in [0, 0.05) is 39.5 Å².